The van der Waals surface area contributed by atoms with Crippen molar-refractivity contribution in [2.24, 2.45) is 0 Å². The van der Waals surface area contributed by atoms with Gasteiger partial charge >= 0.3 is 0 Å². The van der Waals surface area contributed by atoms with Crippen LogP contribution in [-0.2, 0) is 10.0 Å². The fourth-order valence-corrected chi connectivity index (χ4v) is 3.14. The molecule has 2 rings (SSSR count). The topological polar surface area (TPSA) is 81.4 Å². The van der Waals surface area contributed by atoms with Gasteiger partial charge in [-0.25, -0.2) is 12.8 Å². The Kier molecular flexibility index (Phi) is 4.04. The summed E-state index contributed by atoms with van der Waals surface area (Å²) < 4.78 is 46.1. The lowest BCUT2D eigenvalue weighted by Crippen LogP contribution is -2.16. The highest BCUT2D eigenvalue weighted by Crippen LogP contribution is 2.28. The molecule has 0 radical (unpaired) electrons. The van der Waals surface area contributed by atoms with Crippen LogP contribution in [0.5, 0.6) is 5.75 Å². The van der Waals surface area contributed by atoms with Crippen molar-refractivity contribution in [3.8, 4) is 5.75 Å². The number of methoxy groups -OCH3 is 1. The summed E-state index contributed by atoms with van der Waals surface area (Å²) >= 11 is 0. The van der Waals surface area contributed by atoms with Gasteiger partial charge in [0.05, 0.1) is 12.8 Å². The summed E-state index contributed by atoms with van der Waals surface area (Å²) in [5.74, 6) is -0.492. The number of anilines is 2. The van der Waals surface area contributed by atoms with Crippen molar-refractivity contribution >= 4 is 21.4 Å². The van der Waals surface area contributed by atoms with Gasteiger partial charge in [0.1, 0.15) is 16.5 Å². The summed E-state index contributed by atoms with van der Waals surface area (Å²) in [5, 5.41) is 0. The summed E-state index contributed by atoms with van der Waals surface area (Å²) in [6.45, 7) is 1.45. The Bertz CT molecular complexity index is 776. The molecule has 0 heterocycles. The predicted molar refractivity (Wildman–Crippen MR) is 79.4 cm³/mol. The molecule has 0 fully saturated rings. The van der Waals surface area contributed by atoms with Crippen LogP contribution in [0.15, 0.2) is 41.3 Å². The van der Waals surface area contributed by atoms with Gasteiger partial charge in [-0.3, -0.25) is 4.72 Å². The van der Waals surface area contributed by atoms with Crippen molar-refractivity contribution in [3.05, 3.63) is 47.8 Å². The van der Waals surface area contributed by atoms with E-state index in [2.05, 4.69) is 4.72 Å². The molecule has 112 valence electrons. The van der Waals surface area contributed by atoms with Crippen molar-refractivity contribution in [3.63, 3.8) is 0 Å². The van der Waals surface area contributed by atoms with E-state index in [0.29, 0.717) is 5.75 Å². The van der Waals surface area contributed by atoms with E-state index in [-0.39, 0.29) is 16.9 Å². The zero-order chi connectivity index (χ0) is 15.6. The number of hydrogen-bond donors (Lipinski definition) is 2. The molecule has 0 unspecified atom stereocenters. The Hall–Kier alpha value is -2.28. The molecule has 5 nitrogen and oxygen atoms in total. The van der Waals surface area contributed by atoms with Crippen LogP contribution < -0.4 is 15.2 Å². The molecule has 0 amide bonds. The van der Waals surface area contributed by atoms with E-state index in [1.54, 1.807) is 18.2 Å². The highest BCUT2D eigenvalue weighted by atomic mass is 32.2. The van der Waals surface area contributed by atoms with Crippen molar-refractivity contribution in [1.82, 2.24) is 0 Å². The second kappa shape index (κ2) is 5.61. The zero-order valence-corrected chi connectivity index (χ0v) is 12.4. The third kappa shape index (κ3) is 3.08. The van der Waals surface area contributed by atoms with Crippen LogP contribution in [0.25, 0.3) is 0 Å². The molecule has 0 saturated carbocycles. The van der Waals surface area contributed by atoms with Gasteiger partial charge in [-0.05, 0) is 36.8 Å². The van der Waals surface area contributed by atoms with E-state index in [0.717, 1.165) is 6.07 Å². The Morgan fingerprint density at radius 1 is 1.24 bits per heavy atom. The van der Waals surface area contributed by atoms with Gasteiger partial charge in [-0.2, -0.15) is 0 Å². The number of hydrogen-bond acceptors (Lipinski definition) is 4. The highest BCUT2D eigenvalue weighted by molar-refractivity contribution is 7.92. The molecule has 2 aromatic carbocycles. The normalized spacial score (nSPS) is 11.2. The first kappa shape index (κ1) is 15.1. The molecule has 0 bridgehead atoms. The molecule has 7 heteroatoms. The van der Waals surface area contributed by atoms with Gasteiger partial charge in [-0.1, -0.05) is 12.1 Å². The van der Waals surface area contributed by atoms with Crippen molar-refractivity contribution < 1.29 is 17.5 Å². The average Bonchev–Trinajstić information content (AvgIpc) is 2.43. The Morgan fingerprint density at radius 2 is 1.90 bits per heavy atom. The van der Waals surface area contributed by atoms with Crippen molar-refractivity contribution in [1.29, 1.82) is 0 Å². The standard InChI is InChI=1S/C14H15FN2O3S/c1-9-7-10(16)8-13(14(9)15)21(18,19)17-11-5-3-4-6-12(11)20-2/h3-8,17H,16H2,1-2H3. The Labute approximate surface area is 122 Å². The van der Waals surface area contributed by atoms with Gasteiger partial charge in [0, 0.05) is 5.69 Å². The van der Waals surface area contributed by atoms with E-state index in [1.165, 1.54) is 26.2 Å². The smallest absolute Gasteiger partial charge is 0.265 e. The van der Waals surface area contributed by atoms with Gasteiger partial charge < -0.3 is 10.5 Å². The predicted octanol–water partition coefficient (Wildman–Crippen LogP) is 2.53. The number of nitrogens with one attached hydrogen (secondary N) is 1. The molecule has 3 N–H and O–H groups in total. The van der Waals surface area contributed by atoms with E-state index >= 15 is 0 Å². The van der Waals surface area contributed by atoms with Crippen LogP contribution in [0, 0.1) is 12.7 Å². The van der Waals surface area contributed by atoms with Gasteiger partial charge in [-0.15, -0.1) is 0 Å². The lowest BCUT2D eigenvalue weighted by atomic mass is 10.2. The molecule has 0 aliphatic heterocycles. The summed E-state index contributed by atoms with van der Waals surface area (Å²) in [6, 6.07) is 8.91. The molecule has 0 aromatic heterocycles. The first-order chi connectivity index (χ1) is 9.85. The van der Waals surface area contributed by atoms with Crippen LogP contribution in [0.3, 0.4) is 0 Å². The SMILES string of the molecule is COc1ccccc1NS(=O)(=O)c1cc(N)cc(C)c1F. The molecular weight excluding hydrogens is 295 g/mol. The van der Waals surface area contributed by atoms with Crippen LogP contribution >= 0.6 is 0 Å². The molecule has 21 heavy (non-hydrogen) atoms. The molecule has 2 aromatic rings. The summed E-state index contributed by atoms with van der Waals surface area (Å²) in [6.07, 6.45) is 0. The summed E-state index contributed by atoms with van der Waals surface area (Å²) in [5.41, 5.74) is 6.15. The maximum Gasteiger partial charge on any atom is 0.265 e. The minimum Gasteiger partial charge on any atom is -0.495 e. The van der Waals surface area contributed by atoms with Crippen molar-refractivity contribution in [2.45, 2.75) is 11.8 Å². The van der Waals surface area contributed by atoms with Crippen LogP contribution in [0.2, 0.25) is 0 Å². The lowest BCUT2D eigenvalue weighted by Gasteiger charge is -2.13. The van der Waals surface area contributed by atoms with E-state index in [4.69, 9.17) is 10.5 Å². The number of rotatable bonds is 4. The fraction of sp³-hybridized carbons (Fsp3) is 0.143. The molecule has 0 atom stereocenters. The zero-order valence-electron chi connectivity index (χ0n) is 11.6. The third-order valence-electron chi connectivity index (χ3n) is 2.88. The molecule has 0 aliphatic rings. The van der Waals surface area contributed by atoms with Crippen LogP contribution in [0.1, 0.15) is 5.56 Å². The maximum absolute atomic E-state index is 14.1. The molecule has 0 spiro atoms. The quantitative estimate of drug-likeness (QED) is 0.850. The average molecular weight is 310 g/mol. The number of benzene rings is 2. The number of nitrogen functional groups attached to an aromatic ring is 1. The first-order valence-electron chi connectivity index (χ1n) is 6.06. The maximum atomic E-state index is 14.1. The second-order valence-electron chi connectivity index (χ2n) is 4.46. The van der Waals surface area contributed by atoms with Gasteiger partial charge in [0.2, 0.25) is 0 Å². The minimum absolute atomic E-state index is 0.162. The highest BCUT2D eigenvalue weighted by Gasteiger charge is 2.22. The molecular formula is C14H15FN2O3S. The Balaban J connectivity index is 2.49. The Morgan fingerprint density at radius 3 is 2.57 bits per heavy atom. The monoisotopic (exact) mass is 310 g/mol. The van der Waals surface area contributed by atoms with E-state index < -0.39 is 20.7 Å². The van der Waals surface area contributed by atoms with Crippen LogP contribution in [0.4, 0.5) is 15.8 Å². The third-order valence-corrected chi connectivity index (χ3v) is 4.25. The van der Waals surface area contributed by atoms with E-state index in [9.17, 15) is 12.8 Å². The van der Waals surface area contributed by atoms with Crippen LogP contribution in [-0.4, -0.2) is 15.5 Å². The van der Waals surface area contributed by atoms with Gasteiger partial charge in [0.25, 0.3) is 10.0 Å². The number of sulfonamides is 1. The van der Waals surface area contributed by atoms with Gasteiger partial charge in [0.15, 0.2) is 0 Å². The molecule has 0 saturated heterocycles. The number of aryl methyl sites for hydroxylation is 1. The first-order valence-corrected chi connectivity index (χ1v) is 7.55. The number of para-hydroxylation sites is 2. The van der Waals surface area contributed by atoms with E-state index in [1.807, 2.05) is 0 Å². The lowest BCUT2D eigenvalue weighted by molar-refractivity contribution is 0.417. The number of halogens is 1. The second-order valence-corrected chi connectivity index (χ2v) is 6.11. The largest absolute Gasteiger partial charge is 0.495 e. The number of nitrogens with two attached hydrogens (primary N) is 1. The fourth-order valence-electron chi connectivity index (χ4n) is 1.89. The molecule has 0 aliphatic carbocycles. The van der Waals surface area contributed by atoms with Crippen molar-refractivity contribution in [2.75, 3.05) is 17.6 Å². The summed E-state index contributed by atoms with van der Waals surface area (Å²) in [4.78, 5) is -0.495. The number of ether oxygens (including phenoxy) is 1. The summed E-state index contributed by atoms with van der Waals surface area (Å²) in [7, 11) is -2.69. The minimum atomic E-state index is -4.11.